The van der Waals surface area contributed by atoms with Crippen LogP contribution in [0.15, 0.2) is 12.5 Å². The maximum absolute atomic E-state index is 4.32. The number of piperidine rings is 1. The Balaban J connectivity index is 2.12. The molecule has 0 aromatic carbocycles. The summed E-state index contributed by atoms with van der Waals surface area (Å²) in [7, 11) is 0. The Labute approximate surface area is 106 Å². The zero-order valence-corrected chi connectivity index (χ0v) is 11.4. The van der Waals surface area contributed by atoms with E-state index >= 15 is 0 Å². The minimum absolute atomic E-state index is 0.679. The van der Waals surface area contributed by atoms with Gasteiger partial charge >= 0.3 is 0 Å². The molecule has 0 N–H and O–H groups in total. The molecule has 1 aliphatic rings. The van der Waals surface area contributed by atoms with Gasteiger partial charge in [0.1, 0.15) is 12.1 Å². The number of hydrogen-bond donors (Lipinski definition) is 0. The minimum Gasteiger partial charge on any atom is -0.356 e. The van der Waals surface area contributed by atoms with Crippen molar-refractivity contribution in [1.82, 2.24) is 9.97 Å². The van der Waals surface area contributed by atoms with Crippen LogP contribution >= 0.6 is 38.5 Å². The van der Waals surface area contributed by atoms with Gasteiger partial charge in [-0.05, 0) is 35.4 Å². The molecule has 3 nitrogen and oxygen atoms in total. The molecule has 1 aromatic heterocycles. The van der Waals surface area contributed by atoms with Gasteiger partial charge in [-0.25, -0.2) is 9.97 Å². The number of halogens is 2. The number of nitrogens with zero attached hydrogens (tertiary/aromatic N) is 3. The molecule has 14 heavy (non-hydrogen) atoms. The molecule has 0 radical (unpaired) electrons. The second-order valence-electron chi connectivity index (χ2n) is 3.36. The molecule has 2 rings (SSSR count). The molecule has 1 fully saturated rings. The van der Waals surface area contributed by atoms with Gasteiger partial charge in [0.05, 0.1) is 3.57 Å². The summed E-state index contributed by atoms with van der Waals surface area (Å²) in [6.07, 6.45) is 5.88. The molecule has 0 amide bonds. The van der Waals surface area contributed by atoms with Gasteiger partial charge in [-0.15, -0.1) is 0 Å². The van der Waals surface area contributed by atoms with Gasteiger partial charge in [-0.3, -0.25) is 0 Å². The van der Waals surface area contributed by atoms with E-state index in [1.54, 1.807) is 6.33 Å². The average Bonchev–Trinajstić information content (AvgIpc) is 2.20. The van der Waals surface area contributed by atoms with Crippen LogP contribution in [0.4, 0.5) is 5.82 Å². The monoisotopic (exact) mass is 367 g/mol. The summed E-state index contributed by atoms with van der Waals surface area (Å²) in [4.78, 5) is 11.3. The molecule has 2 heterocycles. The predicted molar refractivity (Wildman–Crippen MR) is 68.9 cm³/mol. The van der Waals surface area contributed by atoms with E-state index < -0.39 is 0 Å². The summed E-state index contributed by atoms with van der Waals surface area (Å²) >= 11 is 5.94. The lowest BCUT2D eigenvalue weighted by Gasteiger charge is -2.30. The average molecular weight is 368 g/mol. The van der Waals surface area contributed by atoms with Gasteiger partial charge in [-0.1, -0.05) is 15.9 Å². The Kier molecular flexibility index (Phi) is 3.59. The van der Waals surface area contributed by atoms with E-state index in [1.165, 1.54) is 12.8 Å². The van der Waals surface area contributed by atoms with Crippen molar-refractivity contribution in [2.24, 2.45) is 0 Å². The quantitative estimate of drug-likeness (QED) is 0.564. The summed E-state index contributed by atoms with van der Waals surface area (Å²) in [5.41, 5.74) is 0. The van der Waals surface area contributed by atoms with Crippen LogP contribution in [0.3, 0.4) is 0 Å². The molecule has 76 valence electrons. The first-order valence-electron chi connectivity index (χ1n) is 4.62. The van der Waals surface area contributed by atoms with Crippen LogP contribution in [-0.4, -0.2) is 27.9 Å². The molecular weight excluding hydrogens is 357 g/mol. The largest absolute Gasteiger partial charge is 0.356 e. The van der Waals surface area contributed by atoms with E-state index in [0.29, 0.717) is 4.83 Å². The van der Waals surface area contributed by atoms with E-state index in [0.717, 1.165) is 22.5 Å². The molecule has 5 heteroatoms. The van der Waals surface area contributed by atoms with E-state index in [1.807, 2.05) is 6.20 Å². The second-order valence-corrected chi connectivity index (χ2v) is 5.81. The molecular formula is C9H11BrIN3. The summed E-state index contributed by atoms with van der Waals surface area (Å²) in [5, 5.41) is 0. The number of rotatable bonds is 1. The van der Waals surface area contributed by atoms with E-state index in [4.69, 9.17) is 0 Å². The number of anilines is 1. The van der Waals surface area contributed by atoms with Crippen LogP contribution in [0.25, 0.3) is 0 Å². The number of alkyl halides is 1. The van der Waals surface area contributed by atoms with Crippen molar-refractivity contribution in [2.75, 3.05) is 18.0 Å². The van der Waals surface area contributed by atoms with E-state index in [-0.39, 0.29) is 0 Å². The Bertz CT molecular complexity index is 313. The van der Waals surface area contributed by atoms with Gasteiger partial charge < -0.3 is 4.90 Å². The van der Waals surface area contributed by atoms with Gasteiger partial charge in [0.15, 0.2) is 0 Å². The van der Waals surface area contributed by atoms with Crippen LogP contribution in [-0.2, 0) is 0 Å². The second kappa shape index (κ2) is 4.74. The standard InChI is InChI=1S/C9H11BrIN3/c10-7-1-3-14(4-2-7)9-8(11)5-12-6-13-9/h5-7H,1-4H2. The molecule has 0 unspecified atom stereocenters. The highest BCUT2D eigenvalue weighted by atomic mass is 127. The number of aromatic nitrogens is 2. The van der Waals surface area contributed by atoms with Crippen molar-refractivity contribution in [3.8, 4) is 0 Å². The lowest BCUT2D eigenvalue weighted by molar-refractivity contribution is 0.591. The van der Waals surface area contributed by atoms with Crippen molar-refractivity contribution in [2.45, 2.75) is 17.7 Å². The normalized spacial score (nSPS) is 18.6. The summed E-state index contributed by atoms with van der Waals surface area (Å²) in [6, 6.07) is 0. The first-order chi connectivity index (χ1) is 6.77. The minimum atomic E-state index is 0.679. The molecule has 0 saturated carbocycles. The Morgan fingerprint density at radius 3 is 2.79 bits per heavy atom. The smallest absolute Gasteiger partial charge is 0.145 e. The Morgan fingerprint density at radius 1 is 1.43 bits per heavy atom. The maximum Gasteiger partial charge on any atom is 0.145 e. The van der Waals surface area contributed by atoms with Gasteiger partial charge in [0, 0.05) is 24.1 Å². The summed E-state index contributed by atoms with van der Waals surface area (Å²) < 4.78 is 1.14. The third kappa shape index (κ3) is 2.36. The highest BCUT2D eigenvalue weighted by molar-refractivity contribution is 14.1. The molecule has 0 spiro atoms. The third-order valence-corrected chi connectivity index (χ3v) is 4.05. The van der Waals surface area contributed by atoms with Gasteiger partial charge in [0.25, 0.3) is 0 Å². The fraction of sp³-hybridized carbons (Fsp3) is 0.556. The highest BCUT2D eigenvalue weighted by Gasteiger charge is 2.19. The lowest BCUT2D eigenvalue weighted by Crippen LogP contribution is -2.34. The molecule has 1 aromatic rings. The molecule has 0 atom stereocenters. The zero-order chi connectivity index (χ0) is 9.97. The molecule has 0 aliphatic carbocycles. The van der Waals surface area contributed by atoms with E-state index in [2.05, 4.69) is 53.4 Å². The Hall–Kier alpha value is 0.0900. The summed E-state index contributed by atoms with van der Waals surface area (Å²) in [5.74, 6) is 1.08. The van der Waals surface area contributed by atoms with Crippen molar-refractivity contribution in [3.63, 3.8) is 0 Å². The highest BCUT2D eigenvalue weighted by Crippen LogP contribution is 2.24. The Morgan fingerprint density at radius 2 is 2.14 bits per heavy atom. The fourth-order valence-electron chi connectivity index (χ4n) is 1.60. The summed E-state index contributed by atoms with van der Waals surface area (Å²) in [6.45, 7) is 2.17. The van der Waals surface area contributed by atoms with Crippen molar-refractivity contribution < 1.29 is 0 Å². The lowest BCUT2D eigenvalue weighted by atomic mass is 10.1. The van der Waals surface area contributed by atoms with Crippen LogP contribution < -0.4 is 4.90 Å². The van der Waals surface area contributed by atoms with Crippen LogP contribution in [0.2, 0.25) is 0 Å². The molecule has 1 saturated heterocycles. The van der Waals surface area contributed by atoms with Crippen LogP contribution in [0, 0.1) is 3.57 Å². The molecule has 0 bridgehead atoms. The van der Waals surface area contributed by atoms with Crippen LogP contribution in [0.1, 0.15) is 12.8 Å². The van der Waals surface area contributed by atoms with Gasteiger partial charge in [-0.2, -0.15) is 0 Å². The third-order valence-electron chi connectivity index (χ3n) is 2.37. The number of hydrogen-bond acceptors (Lipinski definition) is 3. The van der Waals surface area contributed by atoms with Gasteiger partial charge in [0.2, 0.25) is 0 Å². The zero-order valence-electron chi connectivity index (χ0n) is 7.66. The van der Waals surface area contributed by atoms with Crippen molar-refractivity contribution in [1.29, 1.82) is 0 Å². The van der Waals surface area contributed by atoms with Crippen molar-refractivity contribution in [3.05, 3.63) is 16.1 Å². The molecule has 1 aliphatic heterocycles. The van der Waals surface area contributed by atoms with Crippen LogP contribution in [0.5, 0.6) is 0 Å². The fourth-order valence-corrected chi connectivity index (χ4v) is 2.65. The maximum atomic E-state index is 4.32. The predicted octanol–water partition coefficient (Wildman–Crippen LogP) is 2.44. The first-order valence-corrected chi connectivity index (χ1v) is 6.61. The van der Waals surface area contributed by atoms with Crippen molar-refractivity contribution >= 4 is 44.3 Å². The SMILES string of the molecule is BrC1CCN(c2ncncc2I)CC1. The first kappa shape index (κ1) is 10.6. The van der Waals surface area contributed by atoms with E-state index in [9.17, 15) is 0 Å². The topological polar surface area (TPSA) is 29.0 Å².